The molecule has 2 N–H and O–H groups in total. The first kappa shape index (κ1) is 23.6. The largest absolute Gasteiger partial charge is 0.371 e. The Morgan fingerprint density at radius 2 is 1.82 bits per heavy atom. The molecule has 1 spiro atoms. The Balaban J connectivity index is 1.34. The van der Waals surface area contributed by atoms with Gasteiger partial charge in [-0.1, -0.05) is 45.4 Å². The Labute approximate surface area is 197 Å². The van der Waals surface area contributed by atoms with Crippen LogP contribution in [0.3, 0.4) is 0 Å². The molecule has 0 unspecified atom stereocenters. The van der Waals surface area contributed by atoms with Gasteiger partial charge in [-0.05, 0) is 61.5 Å². The lowest BCUT2D eigenvalue weighted by Crippen LogP contribution is -2.51. The van der Waals surface area contributed by atoms with Gasteiger partial charge < -0.3 is 15.5 Å². The maximum absolute atomic E-state index is 13.2. The van der Waals surface area contributed by atoms with Crippen molar-refractivity contribution >= 4 is 23.5 Å². The number of anilines is 1. The third-order valence-corrected chi connectivity index (χ3v) is 8.32. The summed E-state index contributed by atoms with van der Waals surface area (Å²) in [6, 6.07) is 7.65. The average Bonchev–Trinajstić information content (AvgIpc) is 3.42. The lowest BCUT2D eigenvalue weighted by Gasteiger charge is -2.42. The molecule has 0 radical (unpaired) electrons. The van der Waals surface area contributed by atoms with Crippen molar-refractivity contribution in [1.82, 2.24) is 15.5 Å². The smallest absolute Gasteiger partial charge is 0.325 e. The average molecular weight is 455 g/mol. The van der Waals surface area contributed by atoms with Gasteiger partial charge in [-0.3, -0.25) is 14.5 Å². The van der Waals surface area contributed by atoms with Crippen LogP contribution < -0.4 is 15.5 Å². The molecule has 7 heteroatoms. The first-order valence-corrected chi connectivity index (χ1v) is 12.5. The second-order valence-electron chi connectivity index (χ2n) is 10.6. The van der Waals surface area contributed by atoms with E-state index in [0.717, 1.165) is 48.5 Å². The fraction of sp³-hybridized carbons (Fsp3) is 0.654. The molecular formula is C26H38N4O3. The maximum Gasteiger partial charge on any atom is 0.325 e. The molecule has 2 saturated heterocycles. The summed E-state index contributed by atoms with van der Waals surface area (Å²) in [4.78, 5) is 42.0. The van der Waals surface area contributed by atoms with Gasteiger partial charge in [-0.25, -0.2) is 4.79 Å². The van der Waals surface area contributed by atoms with Crippen molar-refractivity contribution in [3.63, 3.8) is 0 Å². The molecule has 1 saturated carbocycles. The van der Waals surface area contributed by atoms with E-state index in [2.05, 4.69) is 42.4 Å². The van der Waals surface area contributed by atoms with Crippen LogP contribution in [0.5, 0.6) is 0 Å². The summed E-state index contributed by atoms with van der Waals surface area (Å²) >= 11 is 0. The second kappa shape index (κ2) is 9.35. The summed E-state index contributed by atoms with van der Waals surface area (Å²) in [5.74, 6) is -0.00806. The predicted molar refractivity (Wildman–Crippen MR) is 129 cm³/mol. The molecule has 4 rings (SSSR count). The molecule has 2 aliphatic heterocycles. The molecular weight excluding hydrogens is 416 g/mol. The SMILES string of the molecule is CCC(C)(C)C1CCC2(CC1)NC(=O)N(CC(=O)NCc1ccccc1N1CCCC1)C2=O. The van der Waals surface area contributed by atoms with Crippen LogP contribution in [0.15, 0.2) is 24.3 Å². The molecule has 2 heterocycles. The summed E-state index contributed by atoms with van der Waals surface area (Å²) in [6.07, 6.45) is 6.59. The Morgan fingerprint density at radius 3 is 2.48 bits per heavy atom. The number of para-hydroxylation sites is 1. The number of nitrogens with one attached hydrogen (secondary N) is 2. The molecule has 7 nitrogen and oxygen atoms in total. The van der Waals surface area contributed by atoms with Crippen LogP contribution in [0.25, 0.3) is 0 Å². The molecule has 4 amide bonds. The van der Waals surface area contributed by atoms with Crippen molar-refractivity contribution in [2.75, 3.05) is 24.5 Å². The number of nitrogens with zero attached hydrogens (tertiary/aromatic N) is 2. The molecule has 3 fully saturated rings. The fourth-order valence-corrected chi connectivity index (χ4v) is 5.66. The lowest BCUT2D eigenvalue weighted by molar-refractivity contribution is -0.136. The van der Waals surface area contributed by atoms with Crippen LogP contribution in [0.4, 0.5) is 10.5 Å². The highest BCUT2D eigenvalue weighted by atomic mass is 16.2. The number of benzene rings is 1. The van der Waals surface area contributed by atoms with Crippen LogP contribution in [0, 0.1) is 11.3 Å². The third-order valence-electron chi connectivity index (χ3n) is 8.32. The van der Waals surface area contributed by atoms with E-state index in [9.17, 15) is 14.4 Å². The zero-order valence-electron chi connectivity index (χ0n) is 20.3. The van der Waals surface area contributed by atoms with Gasteiger partial charge in [0.2, 0.25) is 5.91 Å². The third kappa shape index (κ3) is 4.73. The minimum absolute atomic E-state index is 0.234. The van der Waals surface area contributed by atoms with Crippen molar-refractivity contribution < 1.29 is 14.4 Å². The first-order chi connectivity index (χ1) is 15.8. The van der Waals surface area contributed by atoms with E-state index in [4.69, 9.17) is 0 Å². The molecule has 1 aromatic carbocycles. The lowest BCUT2D eigenvalue weighted by atomic mass is 9.65. The van der Waals surface area contributed by atoms with Gasteiger partial charge in [-0.15, -0.1) is 0 Å². The highest BCUT2D eigenvalue weighted by molar-refractivity contribution is 6.09. The normalized spacial score (nSPS) is 25.6. The minimum atomic E-state index is -0.833. The number of urea groups is 1. The summed E-state index contributed by atoms with van der Waals surface area (Å²) in [6.45, 7) is 8.98. The van der Waals surface area contributed by atoms with Crippen LogP contribution in [-0.4, -0.2) is 47.9 Å². The van der Waals surface area contributed by atoms with E-state index in [1.54, 1.807) is 0 Å². The molecule has 0 bridgehead atoms. The summed E-state index contributed by atoms with van der Waals surface area (Å²) in [5, 5.41) is 5.85. The number of carbonyl (C=O) groups is 3. The standard InChI is InChI=1S/C26H38N4O3/c1-4-25(2,3)20-11-13-26(14-12-20)23(32)30(24(33)28-26)18-22(31)27-17-19-9-5-6-10-21(19)29-15-7-8-16-29/h5-6,9-10,20H,4,7-8,11-18H2,1-3H3,(H,27,31)(H,28,33). The van der Waals surface area contributed by atoms with Gasteiger partial charge in [0.15, 0.2) is 0 Å². The minimum Gasteiger partial charge on any atom is -0.371 e. The van der Waals surface area contributed by atoms with E-state index >= 15 is 0 Å². The van der Waals surface area contributed by atoms with Crippen LogP contribution in [-0.2, 0) is 16.1 Å². The van der Waals surface area contributed by atoms with Crippen LogP contribution >= 0.6 is 0 Å². The van der Waals surface area contributed by atoms with E-state index in [-0.39, 0.29) is 23.8 Å². The maximum atomic E-state index is 13.2. The highest BCUT2D eigenvalue weighted by Gasteiger charge is 2.53. The zero-order chi connectivity index (χ0) is 23.6. The van der Waals surface area contributed by atoms with E-state index in [1.165, 1.54) is 12.8 Å². The summed E-state index contributed by atoms with van der Waals surface area (Å²) < 4.78 is 0. The predicted octanol–water partition coefficient (Wildman–Crippen LogP) is 3.82. The van der Waals surface area contributed by atoms with E-state index in [0.29, 0.717) is 25.3 Å². The summed E-state index contributed by atoms with van der Waals surface area (Å²) in [7, 11) is 0. The number of carbonyl (C=O) groups excluding carboxylic acids is 3. The molecule has 0 atom stereocenters. The van der Waals surface area contributed by atoms with Gasteiger partial charge in [0.25, 0.3) is 5.91 Å². The molecule has 0 aromatic heterocycles. The molecule has 180 valence electrons. The zero-order valence-corrected chi connectivity index (χ0v) is 20.3. The number of rotatable bonds is 7. The van der Waals surface area contributed by atoms with Gasteiger partial charge in [0.1, 0.15) is 12.1 Å². The number of hydrogen-bond donors (Lipinski definition) is 2. The van der Waals surface area contributed by atoms with Crippen molar-refractivity contribution in [2.24, 2.45) is 11.3 Å². The van der Waals surface area contributed by atoms with E-state index < -0.39 is 11.6 Å². The Morgan fingerprint density at radius 1 is 1.15 bits per heavy atom. The number of amides is 4. The first-order valence-electron chi connectivity index (χ1n) is 12.5. The van der Waals surface area contributed by atoms with E-state index in [1.807, 2.05) is 18.2 Å². The number of imide groups is 1. The Kier molecular flexibility index (Phi) is 6.68. The molecule has 33 heavy (non-hydrogen) atoms. The van der Waals surface area contributed by atoms with Gasteiger partial charge in [-0.2, -0.15) is 0 Å². The highest BCUT2D eigenvalue weighted by Crippen LogP contribution is 2.45. The van der Waals surface area contributed by atoms with Gasteiger partial charge in [0.05, 0.1) is 0 Å². The number of hydrogen-bond acceptors (Lipinski definition) is 4. The molecule has 3 aliphatic rings. The Bertz CT molecular complexity index is 899. The van der Waals surface area contributed by atoms with Crippen molar-refractivity contribution in [3.05, 3.63) is 29.8 Å². The van der Waals surface area contributed by atoms with Gasteiger partial charge >= 0.3 is 6.03 Å². The van der Waals surface area contributed by atoms with Crippen LogP contribution in [0.2, 0.25) is 0 Å². The molecule has 1 aromatic rings. The monoisotopic (exact) mass is 454 g/mol. The quantitative estimate of drug-likeness (QED) is 0.614. The second-order valence-corrected chi connectivity index (χ2v) is 10.6. The van der Waals surface area contributed by atoms with Crippen molar-refractivity contribution in [2.45, 2.75) is 77.8 Å². The summed E-state index contributed by atoms with van der Waals surface area (Å²) in [5.41, 5.74) is 1.60. The van der Waals surface area contributed by atoms with Gasteiger partial charge in [0, 0.05) is 25.3 Å². The molecule has 1 aliphatic carbocycles. The topological polar surface area (TPSA) is 81.8 Å². The Hall–Kier alpha value is -2.57. The fourth-order valence-electron chi connectivity index (χ4n) is 5.66. The van der Waals surface area contributed by atoms with Crippen molar-refractivity contribution in [3.8, 4) is 0 Å². The van der Waals surface area contributed by atoms with Crippen LogP contribution in [0.1, 0.15) is 71.3 Å². The van der Waals surface area contributed by atoms with Crippen molar-refractivity contribution in [1.29, 1.82) is 0 Å².